The maximum absolute atomic E-state index is 11.3. The number of rotatable bonds is 9. The van der Waals surface area contributed by atoms with Gasteiger partial charge in [0.2, 0.25) is 0 Å². The summed E-state index contributed by atoms with van der Waals surface area (Å²) in [5.74, 6) is 2.09. The molecule has 4 aromatic rings. The molecule has 0 amide bonds. The number of methoxy groups -OCH3 is 3. The fourth-order valence-corrected chi connectivity index (χ4v) is 3.61. The largest absolute Gasteiger partial charge is 0.496 e. The summed E-state index contributed by atoms with van der Waals surface area (Å²) in [5.41, 5.74) is 2.94. The van der Waals surface area contributed by atoms with Crippen molar-refractivity contribution in [2.24, 2.45) is 0 Å². The second-order valence-corrected chi connectivity index (χ2v) is 7.53. The smallest absolute Gasteiger partial charge is 0.164 e. The number of ether oxygens (including phenoxy) is 3. The average Bonchev–Trinajstić information content (AvgIpc) is 2.95. The maximum atomic E-state index is 11.3. The molecule has 0 aliphatic rings. The van der Waals surface area contributed by atoms with Crippen molar-refractivity contribution in [1.82, 2.24) is 15.0 Å². The molecule has 0 bridgehead atoms. The fraction of sp³-hybridized carbons (Fsp3) is 0.111. The molecular weight excluding hydrogens is 462 g/mol. The van der Waals surface area contributed by atoms with E-state index in [2.05, 4.69) is 15.0 Å². The number of benzene rings is 3. The van der Waals surface area contributed by atoms with Crippen molar-refractivity contribution in [3.8, 4) is 51.4 Å². The lowest BCUT2D eigenvalue weighted by molar-refractivity contribution is 0.111. The molecule has 0 fully saturated rings. The van der Waals surface area contributed by atoms with Gasteiger partial charge in [-0.3, -0.25) is 14.4 Å². The molecule has 0 spiro atoms. The van der Waals surface area contributed by atoms with Crippen LogP contribution in [0, 0.1) is 0 Å². The van der Waals surface area contributed by atoms with Crippen LogP contribution in [0.3, 0.4) is 0 Å². The Morgan fingerprint density at radius 1 is 0.500 bits per heavy atom. The monoisotopic (exact) mass is 483 g/mol. The topological polar surface area (TPSA) is 118 Å². The lowest BCUT2D eigenvalue weighted by Gasteiger charge is -2.12. The molecular formula is C27H21N3O6. The van der Waals surface area contributed by atoms with E-state index in [9.17, 15) is 14.4 Å². The Hall–Kier alpha value is -4.92. The highest BCUT2D eigenvalue weighted by atomic mass is 16.5. The Kier molecular flexibility index (Phi) is 7.10. The minimum atomic E-state index is 0.322. The third-order valence-electron chi connectivity index (χ3n) is 5.49. The van der Waals surface area contributed by atoms with Crippen molar-refractivity contribution in [2.45, 2.75) is 0 Å². The van der Waals surface area contributed by atoms with Gasteiger partial charge in [0, 0.05) is 16.7 Å². The molecule has 0 aliphatic heterocycles. The Morgan fingerprint density at radius 3 is 1.00 bits per heavy atom. The second-order valence-electron chi connectivity index (χ2n) is 7.53. The molecule has 0 aliphatic carbocycles. The molecule has 0 radical (unpaired) electrons. The average molecular weight is 483 g/mol. The van der Waals surface area contributed by atoms with Crippen molar-refractivity contribution in [3.05, 3.63) is 71.3 Å². The number of nitrogens with zero attached hydrogens (tertiary/aromatic N) is 3. The van der Waals surface area contributed by atoms with E-state index in [1.807, 2.05) is 0 Å². The van der Waals surface area contributed by atoms with Gasteiger partial charge in [-0.25, -0.2) is 15.0 Å². The third-order valence-corrected chi connectivity index (χ3v) is 5.49. The van der Waals surface area contributed by atoms with Crippen LogP contribution in [0.25, 0.3) is 34.2 Å². The molecule has 180 valence electrons. The Labute approximate surface area is 206 Å². The van der Waals surface area contributed by atoms with Crippen LogP contribution in [-0.2, 0) is 0 Å². The van der Waals surface area contributed by atoms with Crippen LogP contribution in [-0.4, -0.2) is 55.1 Å². The van der Waals surface area contributed by atoms with Gasteiger partial charge < -0.3 is 14.2 Å². The summed E-state index contributed by atoms with van der Waals surface area (Å²) in [6, 6.07) is 15.0. The number of aromatic nitrogens is 3. The van der Waals surface area contributed by atoms with E-state index in [1.54, 1.807) is 54.6 Å². The first kappa shape index (κ1) is 24.2. The molecule has 0 N–H and O–H groups in total. The van der Waals surface area contributed by atoms with E-state index in [4.69, 9.17) is 14.2 Å². The first-order valence-corrected chi connectivity index (χ1v) is 10.7. The predicted octanol–water partition coefficient (Wildman–Crippen LogP) is 4.34. The Bertz CT molecular complexity index is 1280. The van der Waals surface area contributed by atoms with Crippen molar-refractivity contribution in [2.75, 3.05) is 21.3 Å². The van der Waals surface area contributed by atoms with Crippen LogP contribution in [0.2, 0.25) is 0 Å². The summed E-state index contributed by atoms with van der Waals surface area (Å²) in [5, 5.41) is 0. The van der Waals surface area contributed by atoms with E-state index in [0.29, 0.717) is 87.0 Å². The van der Waals surface area contributed by atoms with Gasteiger partial charge in [0.15, 0.2) is 36.3 Å². The Balaban J connectivity index is 1.95. The second kappa shape index (κ2) is 10.6. The first-order chi connectivity index (χ1) is 17.5. The van der Waals surface area contributed by atoms with E-state index in [1.165, 1.54) is 21.3 Å². The molecule has 3 aromatic carbocycles. The standard InChI is InChI=1S/C27H21N3O6/c1-34-22-10-16(4-7-19(22)13-31)25-28-26(17-5-8-20(14-32)23(11-17)35-2)30-27(29-25)18-6-9-21(15-33)24(12-18)36-3/h4-15H,1-3H3. The van der Waals surface area contributed by atoms with Crippen LogP contribution < -0.4 is 14.2 Å². The molecule has 4 rings (SSSR count). The van der Waals surface area contributed by atoms with Gasteiger partial charge in [-0.2, -0.15) is 0 Å². The first-order valence-electron chi connectivity index (χ1n) is 10.7. The van der Waals surface area contributed by atoms with Crippen LogP contribution in [0.4, 0.5) is 0 Å². The highest BCUT2D eigenvalue weighted by molar-refractivity contribution is 5.83. The highest BCUT2D eigenvalue weighted by Crippen LogP contribution is 2.31. The number of hydrogen-bond donors (Lipinski definition) is 0. The minimum absolute atomic E-state index is 0.322. The summed E-state index contributed by atoms with van der Waals surface area (Å²) < 4.78 is 16.0. The van der Waals surface area contributed by atoms with Gasteiger partial charge in [0.05, 0.1) is 38.0 Å². The Morgan fingerprint density at radius 2 is 0.778 bits per heavy atom. The lowest BCUT2D eigenvalue weighted by atomic mass is 10.1. The molecule has 1 heterocycles. The molecule has 1 aromatic heterocycles. The van der Waals surface area contributed by atoms with Gasteiger partial charge in [0.1, 0.15) is 17.2 Å². The zero-order valence-electron chi connectivity index (χ0n) is 19.7. The van der Waals surface area contributed by atoms with E-state index < -0.39 is 0 Å². The normalized spacial score (nSPS) is 10.4. The molecule has 0 saturated heterocycles. The number of hydrogen-bond acceptors (Lipinski definition) is 9. The van der Waals surface area contributed by atoms with Crippen LogP contribution in [0.1, 0.15) is 31.1 Å². The molecule has 9 nitrogen and oxygen atoms in total. The van der Waals surface area contributed by atoms with Gasteiger partial charge in [-0.05, 0) is 36.4 Å². The fourth-order valence-electron chi connectivity index (χ4n) is 3.61. The van der Waals surface area contributed by atoms with E-state index in [0.717, 1.165) is 0 Å². The summed E-state index contributed by atoms with van der Waals surface area (Å²) in [6.45, 7) is 0. The van der Waals surface area contributed by atoms with Crippen LogP contribution in [0.5, 0.6) is 17.2 Å². The molecule has 0 unspecified atom stereocenters. The van der Waals surface area contributed by atoms with Crippen LogP contribution in [0.15, 0.2) is 54.6 Å². The maximum Gasteiger partial charge on any atom is 0.164 e. The minimum Gasteiger partial charge on any atom is -0.496 e. The van der Waals surface area contributed by atoms with Crippen molar-refractivity contribution < 1.29 is 28.6 Å². The number of carbonyl (C=O) groups is 3. The van der Waals surface area contributed by atoms with Gasteiger partial charge >= 0.3 is 0 Å². The van der Waals surface area contributed by atoms with E-state index >= 15 is 0 Å². The molecule has 0 atom stereocenters. The van der Waals surface area contributed by atoms with Crippen molar-refractivity contribution in [3.63, 3.8) is 0 Å². The zero-order chi connectivity index (χ0) is 25.7. The summed E-state index contributed by atoms with van der Waals surface area (Å²) in [4.78, 5) is 47.9. The quantitative estimate of drug-likeness (QED) is 0.320. The van der Waals surface area contributed by atoms with Gasteiger partial charge in [-0.1, -0.05) is 18.2 Å². The number of aldehydes is 3. The zero-order valence-corrected chi connectivity index (χ0v) is 19.7. The molecule has 9 heteroatoms. The summed E-state index contributed by atoms with van der Waals surface area (Å²) in [6.07, 6.45) is 2.11. The SMILES string of the molecule is COc1cc(-c2nc(-c3ccc(C=O)c(OC)c3)nc(-c3ccc(C=O)c(OC)c3)n2)ccc1C=O. The van der Waals surface area contributed by atoms with E-state index in [-0.39, 0.29) is 0 Å². The van der Waals surface area contributed by atoms with Gasteiger partial charge in [0.25, 0.3) is 0 Å². The lowest BCUT2D eigenvalue weighted by Crippen LogP contribution is -2.02. The highest BCUT2D eigenvalue weighted by Gasteiger charge is 2.16. The molecule has 0 saturated carbocycles. The van der Waals surface area contributed by atoms with Crippen molar-refractivity contribution >= 4 is 18.9 Å². The van der Waals surface area contributed by atoms with Crippen LogP contribution >= 0.6 is 0 Å². The van der Waals surface area contributed by atoms with Gasteiger partial charge in [-0.15, -0.1) is 0 Å². The molecule has 36 heavy (non-hydrogen) atoms. The number of carbonyl (C=O) groups excluding carboxylic acids is 3. The van der Waals surface area contributed by atoms with Crippen molar-refractivity contribution in [1.29, 1.82) is 0 Å². The predicted molar refractivity (Wildman–Crippen MR) is 132 cm³/mol. The summed E-state index contributed by atoms with van der Waals surface area (Å²) >= 11 is 0. The summed E-state index contributed by atoms with van der Waals surface area (Å²) in [7, 11) is 4.41. The third kappa shape index (κ3) is 4.67.